The van der Waals surface area contributed by atoms with Crippen LogP contribution in [0.1, 0.15) is 29.1 Å². The van der Waals surface area contributed by atoms with Gasteiger partial charge in [0, 0.05) is 18.3 Å². The molecule has 6 nitrogen and oxygen atoms in total. The van der Waals surface area contributed by atoms with Crippen LogP contribution in [0, 0.1) is 6.92 Å². The number of methoxy groups -OCH3 is 1. The summed E-state index contributed by atoms with van der Waals surface area (Å²) < 4.78 is 10.2. The Hall–Kier alpha value is -2.41. The number of benzene rings is 1. The van der Waals surface area contributed by atoms with Crippen molar-refractivity contribution in [2.45, 2.75) is 32.8 Å². The number of nitrogens with one attached hydrogen (secondary N) is 1. The second-order valence-electron chi connectivity index (χ2n) is 5.54. The van der Waals surface area contributed by atoms with Gasteiger partial charge in [-0.15, -0.1) is 11.3 Å². The highest BCUT2D eigenvalue weighted by Crippen LogP contribution is 2.16. The summed E-state index contributed by atoms with van der Waals surface area (Å²) in [4.78, 5) is 27.2. The number of carbonyl (C=O) groups excluding carboxylic acids is 2. The van der Waals surface area contributed by atoms with E-state index >= 15 is 0 Å². The van der Waals surface area contributed by atoms with Gasteiger partial charge in [0.1, 0.15) is 17.4 Å². The second kappa shape index (κ2) is 9.78. The number of ether oxygens (including phenoxy) is 2. The van der Waals surface area contributed by atoms with Crippen LogP contribution in [-0.4, -0.2) is 30.5 Å². The Morgan fingerprint density at radius 2 is 2.00 bits per heavy atom. The van der Waals surface area contributed by atoms with Crippen molar-refractivity contribution < 1.29 is 19.1 Å². The first kappa shape index (κ1) is 18.9. The summed E-state index contributed by atoms with van der Waals surface area (Å²) in [6.45, 7) is 2.85. The predicted octanol–water partition coefficient (Wildman–Crippen LogP) is 2.64. The Bertz CT molecular complexity index is 697. The third-order valence-corrected chi connectivity index (χ3v) is 4.30. The maximum atomic E-state index is 11.9. The van der Waals surface area contributed by atoms with E-state index in [1.165, 1.54) is 24.0 Å². The Balaban J connectivity index is 1.70. The maximum absolute atomic E-state index is 11.9. The maximum Gasteiger partial charge on any atom is 0.305 e. The minimum absolute atomic E-state index is 0.110. The van der Waals surface area contributed by atoms with Gasteiger partial charge in [-0.05, 0) is 25.5 Å². The number of amides is 1. The van der Waals surface area contributed by atoms with Crippen LogP contribution in [0.2, 0.25) is 0 Å². The SMILES string of the molecule is COC(=O)CCCNC(=O)Cc1csc(COc2ccc(C)cc2)n1. The molecule has 25 heavy (non-hydrogen) atoms. The van der Waals surface area contributed by atoms with E-state index in [2.05, 4.69) is 15.0 Å². The number of hydrogen-bond donors (Lipinski definition) is 1. The quantitative estimate of drug-likeness (QED) is 0.548. The van der Waals surface area contributed by atoms with E-state index in [-0.39, 0.29) is 18.3 Å². The van der Waals surface area contributed by atoms with Gasteiger partial charge in [-0.25, -0.2) is 4.98 Å². The molecule has 0 fully saturated rings. The van der Waals surface area contributed by atoms with Crippen molar-refractivity contribution >= 4 is 23.2 Å². The molecular weight excluding hydrogens is 340 g/mol. The van der Waals surface area contributed by atoms with Crippen molar-refractivity contribution in [2.24, 2.45) is 0 Å². The summed E-state index contributed by atoms with van der Waals surface area (Å²) in [6.07, 6.45) is 1.08. The van der Waals surface area contributed by atoms with Crippen LogP contribution in [0.4, 0.5) is 0 Å². The zero-order valence-corrected chi connectivity index (χ0v) is 15.2. The van der Waals surface area contributed by atoms with E-state index in [1.54, 1.807) is 0 Å². The molecule has 0 spiro atoms. The zero-order chi connectivity index (χ0) is 18.1. The normalized spacial score (nSPS) is 10.3. The number of hydrogen-bond acceptors (Lipinski definition) is 6. The van der Waals surface area contributed by atoms with Crippen molar-refractivity contribution in [3.8, 4) is 5.75 Å². The Morgan fingerprint density at radius 3 is 2.72 bits per heavy atom. The van der Waals surface area contributed by atoms with Crippen LogP contribution in [0.25, 0.3) is 0 Å². The van der Waals surface area contributed by atoms with Crippen LogP contribution in [0.5, 0.6) is 5.75 Å². The van der Waals surface area contributed by atoms with Crippen LogP contribution in [0.3, 0.4) is 0 Å². The van der Waals surface area contributed by atoms with E-state index in [0.29, 0.717) is 26.0 Å². The van der Waals surface area contributed by atoms with E-state index < -0.39 is 0 Å². The molecule has 0 saturated heterocycles. The fourth-order valence-corrected chi connectivity index (χ4v) is 2.77. The number of esters is 1. The van der Waals surface area contributed by atoms with Crippen molar-refractivity contribution in [2.75, 3.05) is 13.7 Å². The average molecular weight is 362 g/mol. The minimum Gasteiger partial charge on any atom is -0.486 e. The Morgan fingerprint density at radius 1 is 1.24 bits per heavy atom. The van der Waals surface area contributed by atoms with Crippen molar-refractivity contribution in [1.82, 2.24) is 10.3 Å². The number of nitrogens with zero attached hydrogens (tertiary/aromatic N) is 1. The molecule has 134 valence electrons. The summed E-state index contributed by atoms with van der Waals surface area (Å²) in [5.74, 6) is 0.416. The average Bonchev–Trinajstić information content (AvgIpc) is 3.05. The summed E-state index contributed by atoms with van der Waals surface area (Å²) in [6, 6.07) is 7.83. The first-order valence-corrected chi connectivity index (χ1v) is 8.91. The van der Waals surface area contributed by atoms with Crippen molar-refractivity contribution in [1.29, 1.82) is 0 Å². The smallest absolute Gasteiger partial charge is 0.305 e. The largest absolute Gasteiger partial charge is 0.486 e. The van der Waals surface area contributed by atoms with Gasteiger partial charge in [0.25, 0.3) is 0 Å². The van der Waals surface area contributed by atoms with Gasteiger partial charge in [0.2, 0.25) is 5.91 Å². The molecule has 1 heterocycles. The molecule has 7 heteroatoms. The van der Waals surface area contributed by atoms with Gasteiger partial charge in [-0.2, -0.15) is 0 Å². The highest BCUT2D eigenvalue weighted by molar-refractivity contribution is 7.09. The molecule has 0 bridgehead atoms. The van der Waals surface area contributed by atoms with Gasteiger partial charge in [0.15, 0.2) is 0 Å². The number of carbonyl (C=O) groups is 2. The standard InChI is InChI=1S/C18H22N2O4S/c1-13-5-7-15(8-6-13)24-11-17-20-14(12-25-17)10-16(21)19-9-3-4-18(22)23-2/h5-8,12H,3-4,9-11H2,1-2H3,(H,19,21). The summed E-state index contributed by atoms with van der Waals surface area (Å²) in [5.41, 5.74) is 1.90. The number of rotatable bonds is 9. The summed E-state index contributed by atoms with van der Waals surface area (Å²) in [7, 11) is 1.35. The molecule has 2 aromatic rings. The van der Waals surface area contributed by atoms with Crippen LogP contribution in [-0.2, 0) is 27.4 Å². The molecule has 1 aromatic heterocycles. The molecular formula is C18H22N2O4S. The highest BCUT2D eigenvalue weighted by Gasteiger charge is 2.08. The third kappa shape index (κ3) is 6.93. The molecule has 0 atom stereocenters. The number of aromatic nitrogens is 1. The summed E-state index contributed by atoms with van der Waals surface area (Å²) >= 11 is 1.47. The fourth-order valence-electron chi connectivity index (χ4n) is 2.07. The third-order valence-electron chi connectivity index (χ3n) is 3.43. The molecule has 0 aliphatic carbocycles. The molecule has 0 saturated carbocycles. The van der Waals surface area contributed by atoms with Crippen LogP contribution in [0.15, 0.2) is 29.6 Å². The molecule has 1 amide bonds. The minimum atomic E-state index is -0.271. The highest BCUT2D eigenvalue weighted by atomic mass is 32.1. The second-order valence-corrected chi connectivity index (χ2v) is 6.48. The summed E-state index contributed by atoms with van der Waals surface area (Å²) in [5, 5.41) is 5.46. The monoisotopic (exact) mass is 362 g/mol. The van der Waals surface area contributed by atoms with Gasteiger partial charge >= 0.3 is 5.97 Å². The predicted molar refractivity (Wildman–Crippen MR) is 95.6 cm³/mol. The van der Waals surface area contributed by atoms with E-state index in [0.717, 1.165) is 16.5 Å². The fraction of sp³-hybridized carbons (Fsp3) is 0.389. The van der Waals surface area contributed by atoms with E-state index in [1.807, 2.05) is 36.6 Å². The molecule has 2 rings (SSSR count). The van der Waals surface area contributed by atoms with Crippen LogP contribution < -0.4 is 10.1 Å². The Kier molecular flexibility index (Phi) is 7.40. The van der Waals surface area contributed by atoms with Gasteiger partial charge < -0.3 is 14.8 Å². The van der Waals surface area contributed by atoms with Gasteiger partial charge in [-0.1, -0.05) is 17.7 Å². The zero-order valence-electron chi connectivity index (χ0n) is 14.4. The number of thiazole rings is 1. The molecule has 1 N–H and O–H groups in total. The molecule has 0 unspecified atom stereocenters. The van der Waals surface area contributed by atoms with Crippen molar-refractivity contribution in [3.05, 3.63) is 45.9 Å². The van der Waals surface area contributed by atoms with Crippen molar-refractivity contribution in [3.63, 3.8) is 0 Å². The first-order chi connectivity index (χ1) is 12.1. The number of aryl methyl sites for hydroxylation is 1. The van der Waals surface area contributed by atoms with Crippen LogP contribution >= 0.6 is 11.3 Å². The first-order valence-electron chi connectivity index (χ1n) is 8.03. The topological polar surface area (TPSA) is 77.5 Å². The van der Waals surface area contributed by atoms with Gasteiger partial charge in [-0.3, -0.25) is 9.59 Å². The molecule has 0 aliphatic heterocycles. The molecule has 1 aromatic carbocycles. The van der Waals surface area contributed by atoms with E-state index in [4.69, 9.17) is 4.74 Å². The lowest BCUT2D eigenvalue weighted by molar-refractivity contribution is -0.140. The Labute approximate surface area is 151 Å². The van der Waals surface area contributed by atoms with E-state index in [9.17, 15) is 9.59 Å². The lowest BCUT2D eigenvalue weighted by Crippen LogP contribution is -2.26. The lowest BCUT2D eigenvalue weighted by atomic mass is 10.2. The molecule has 0 aliphatic rings. The van der Waals surface area contributed by atoms with Gasteiger partial charge in [0.05, 0.1) is 19.2 Å². The lowest BCUT2D eigenvalue weighted by Gasteiger charge is -2.04. The molecule has 0 radical (unpaired) electrons.